The van der Waals surface area contributed by atoms with E-state index in [4.69, 9.17) is 4.98 Å². The molecule has 1 atom stereocenters. The zero-order valence-electron chi connectivity index (χ0n) is 14.2. The molecule has 3 nitrogen and oxygen atoms in total. The van der Waals surface area contributed by atoms with Crippen LogP contribution in [0.15, 0.2) is 60.7 Å². The molecular weight excluding hydrogens is 313 g/mol. The number of benzene rings is 2. The molecule has 0 radical (unpaired) electrons. The third kappa shape index (κ3) is 3.80. The first-order valence-electron chi connectivity index (χ1n) is 8.86. The van der Waals surface area contributed by atoms with Crippen LogP contribution < -0.4 is 5.32 Å². The maximum absolute atomic E-state index is 13.9. The van der Waals surface area contributed by atoms with Gasteiger partial charge < -0.3 is 5.32 Å². The molecule has 2 aromatic carbocycles. The fraction of sp³-hybridized carbons (Fsp3) is 0.286. The van der Waals surface area contributed by atoms with E-state index in [9.17, 15) is 4.39 Å². The highest BCUT2D eigenvalue weighted by atomic mass is 19.1. The molecule has 3 aromatic rings. The van der Waals surface area contributed by atoms with E-state index >= 15 is 0 Å². The van der Waals surface area contributed by atoms with E-state index in [1.807, 2.05) is 36.4 Å². The van der Waals surface area contributed by atoms with E-state index in [0.717, 1.165) is 48.2 Å². The highest BCUT2D eigenvalue weighted by Crippen LogP contribution is 2.20. The predicted molar refractivity (Wildman–Crippen MR) is 100 cm³/mol. The number of piperidine rings is 1. The smallest absolute Gasteiger partial charge is 0.127 e. The average Bonchev–Trinajstić information content (AvgIpc) is 2.64. The summed E-state index contributed by atoms with van der Waals surface area (Å²) >= 11 is 0. The van der Waals surface area contributed by atoms with Gasteiger partial charge in [-0.1, -0.05) is 36.4 Å². The standard InChI is InChI=1S/C21H22FN3/c22-19-9-3-1-7-17(19)14-25-13-5-8-18(15-25)23-21-12-11-16-6-2-4-10-20(16)24-21/h1-4,6-7,9-12,18H,5,8,13-15H2,(H,23,24)/t18-/m1/s1. The molecule has 1 fully saturated rings. The number of halogens is 1. The van der Waals surface area contributed by atoms with Crippen LogP contribution in [0.1, 0.15) is 18.4 Å². The van der Waals surface area contributed by atoms with E-state index in [-0.39, 0.29) is 5.82 Å². The van der Waals surface area contributed by atoms with Gasteiger partial charge in [-0.05, 0) is 43.7 Å². The zero-order valence-corrected chi connectivity index (χ0v) is 14.2. The Morgan fingerprint density at radius 3 is 2.80 bits per heavy atom. The van der Waals surface area contributed by atoms with E-state index in [0.29, 0.717) is 12.6 Å². The van der Waals surface area contributed by atoms with Crippen LogP contribution in [0.4, 0.5) is 10.2 Å². The summed E-state index contributed by atoms with van der Waals surface area (Å²) in [6.45, 7) is 2.58. The number of likely N-dealkylation sites (tertiary alicyclic amines) is 1. The van der Waals surface area contributed by atoms with Crippen LogP contribution in [-0.2, 0) is 6.54 Å². The second kappa shape index (κ2) is 7.19. The minimum Gasteiger partial charge on any atom is -0.366 e. The molecule has 128 valence electrons. The van der Waals surface area contributed by atoms with Crippen LogP contribution in [0.2, 0.25) is 0 Å². The lowest BCUT2D eigenvalue weighted by Crippen LogP contribution is -2.41. The summed E-state index contributed by atoms with van der Waals surface area (Å²) in [5, 5.41) is 4.71. The molecule has 4 rings (SSSR count). The number of rotatable bonds is 4. The lowest BCUT2D eigenvalue weighted by molar-refractivity contribution is 0.206. The summed E-state index contributed by atoms with van der Waals surface area (Å²) in [5.41, 5.74) is 1.78. The van der Waals surface area contributed by atoms with Crippen molar-refractivity contribution in [1.29, 1.82) is 0 Å². The SMILES string of the molecule is Fc1ccccc1CN1CCC[C@@H](Nc2ccc3ccccc3n2)C1. The Morgan fingerprint density at radius 1 is 1.04 bits per heavy atom. The minimum absolute atomic E-state index is 0.117. The van der Waals surface area contributed by atoms with Crippen molar-refractivity contribution in [3.8, 4) is 0 Å². The van der Waals surface area contributed by atoms with Crippen LogP contribution >= 0.6 is 0 Å². The summed E-state index contributed by atoms with van der Waals surface area (Å²) in [5.74, 6) is 0.797. The summed E-state index contributed by atoms with van der Waals surface area (Å²) < 4.78 is 13.9. The van der Waals surface area contributed by atoms with Gasteiger partial charge in [-0.25, -0.2) is 9.37 Å². The number of hydrogen-bond donors (Lipinski definition) is 1. The molecule has 0 unspecified atom stereocenters. The normalized spacial score (nSPS) is 18.4. The van der Waals surface area contributed by atoms with Crippen molar-refractivity contribution in [2.45, 2.75) is 25.4 Å². The van der Waals surface area contributed by atoms with Gasteiger partial charge >= 0.3 is 0 Å². The largest absolute Gasteiger partial charge is 0.366 e. The average molecular weight is 335 g/mol. The first-order valence-corrected chi connectivity index (χ1v) is 8.86. The van der Waals surface area contributed by atoms with Gasteiger partial charge in [-0.15, -0.1) is 0 Å². The second-order valence-electron chi connectivity index (χ2n) is 6.70. The van der Waals surface area contributed by atoms with Crippen molar-refractivity contribution in [2.24, 2.45) is 0 Å². The van der Waals surface area contributed by atoms with E-state index in [2.05, 4.69) is 22.3 Å². The Morgan fingerprint density at radius 2 is 1.88 bits per heavy atom. The number of nitrogens with zero attached hydrogens (tertiary/aromatic N) is 2. The van der Waals surface area contributed by atoms with Crippen molar-refractivity contribution in [3.63, 3.8) is 0 Å². The molecule has 0 bridgehead atoms. The molecule has 1 aromatic heterocycles. The number of nitrogens with one attached hydrogen (secondary N) is 1. The third-order valence-electron chi connectivity index (χ3n) is 4.81. The molecule has 1 N–H and O–H groups in total. The van der Waals surface area contributed by atoms with Crippen LogP contribution in [0.25, 0.3) is 10.9 Å². The molecule has 0 spiro atoms. The first kappa shape index (κ1) is 16.0. The Hall–Kier alpha value is -2.46. The Bertz CT molecular complexity index is 864. The summed E-state index contributed by atoms with van der Waals surface area (Å²) in [6, 6.07) is 19.7. The molecule has 0 saturated carbocycles. The van der Waals surface area contributed by atoms with Gasteiger partial charge in [-0.3, -0.25) is 4.90 Å². The van der Waals surface area contributed by atoms with Gasteiger partial charge in [-0.2, -0.15) is 0 Å². The van der Waals surface area contributed by atoms with Gasteiger partial charge in [0.1, 0.15) is 11.6 Å². The lowest BCUT2D eigenvalue weighted by Gasteiger charge is -2.33. The lowest BCUT2D eigenvalue weighted by atomic mass is 10.0. The van der Waals surface area contributed by atoms with E-state index < -0.39 is 0 Å². The summed E-state index contributed by atoms with van der Waals surface area (Å²) in [4.78, 5) is 7.02. The number of aromatic nitrogens is 1. The van der Waals surface area contributed by atoms with E-state index in [1.165, 1.54) is 6.07 Å². The van der Waals surface area contributed by atoms with Crippen molar-refractivity contribution in [1.82, 2.24) is 9.88 Å². The van der Waals surface area contributed by atoms with Crippen molar-refractivity contribution in [2.75, 3.05) is 18.4 Å². The molecule has 1 saturated heterocycles. The van der Waals surface area contributed by atoms with Gasteiger partial charge in [0.2, 0.25) is 0 Å². The van der Waals surface area contributed by atoms with Gasteiger partial charge in [0.15, 0.2) is 0 Å². The van der Waals surface area contributed by atoms with E-state index in [1.54, 1.807) is 6.07 Å². The fourth-order valence-electron chi connectivity index (χ4n) is 3.54. The van der Waals surface area contributed by atoms with Crippen molar-refractivity contribution in [3.05, 3.63) is 72.0 Å². The summed E-state index contributed by atoms with van der Waals surface area (Å²) in [7, 11) is 0. The number of hydrogen-bond acceptors (Lipinski definition) is 3. The van der Waals surface area contributed by atoms with Crippen LogP contribution in [0.5, 0.6) is 0 Å². The predicted octanol–water partition coefficient (Wildman–Crippen LogP) is 4.45. The number of anilines is 1. The zero-order chi connectivity index (χ0) is 17.1. The van der Waals surface area contributed by atoms with Crippen molar-refractivity contribution >= 4 is 16.7 Å². The summed E-state index contributed by atoms with van der Waals surface area (Å²) in [6.07, 6.45) is 2.22. The Labute approximate surface area is 147 Å². The van der Waals surface area contributed by atoms with Crippen LogP contribution in [0.3, 0.4) is 0 Å². The maximum atomic E-state index is 13.9. The molecule has 25 heavy (non-hydrogen) atoms. The molecule has 1 aliphatic heterocycles. The fourth-order valence-corrected chi connectivity index (χ4v) is 3.54. The molecule has 2 heterocycles. The van der Waals surface area contributed by atoms with Crippen molar-refractivity contribution < 1.29 is 4.39 Å². The highest BCUT2D eigenvalue weighted by Gasteiger charge is 2.21. The van der Waals surface area contributed by atoms with Gasteiger partial charge in [0, 0.05) is 30.1 Å². The maximum Gasteiger partial charge on any atom is 0.127 e. The quantitative estimate of drug-likeness (QED) is 0.763. The third-order valence-corrected chi connectivity index (χ3v) is 4.81. The van der Waals surface area contributed by atoms with Crippen LogP contribution in [0, 0.1) is 5.82 Å². The first-order chi connectivity index (χ1) is 12.3. The molecular formula is C21H22FN3. The molecule has 0 aliphatic carbocycles. The Balaban J connectivity index is 1.43. The van der Waals surface area contributed by atoms with Gasteiger partial charge in [0.05, 0.1) is 5.52 Å². The number of fused-ring (bicyclic) bond motifs is 1. The number of pyridine rings is 1. The van der Waals surface area contributed by atoms with Gasteiger partial charge in [0.25, 0.3) is 0 Å². The topological polar surface area (TPSA) is 28.2 Å². The minimum atomic E-state index is -0.117. The second-order valence-corrected chi connectivity index (χ2v) is 6.70. The molecule has 4 heteroatoms. The highest BCUT2D eigenvalue weighted by molar-refractivity contribution is 5.80. The molecule has 1 aliphatic rings. The molecule has 0 amide bonds. The number of para-hydroxylation sites is 1. The Kier molecular flexibility index (Phi) is 4.61. The monoisotopic (exact) mass is 335 g/mol. The van der Waals surface area contributed by atoms with Crippen LogP contribution in [-0.4, -0.2) is 29.0 Å².